The van der Waals surface area contributed by atoms with Crippen LogP contribution in [0.15, 0.2) is 42.6 Å². The van der Waals surface area contributed by atoms with E-state index in [1.54, 1.807) is 0 Å². The molecule has 1 fully saturated rings. The van der Waals surface area contributed by atoms with Gasteiger partial charge in [-0.1, -0.05) is 30.3 Å². The summed E-state index contributed by atoms with van der Waals surface area (Å²) in [6, 6.07) is 12.3. The van der Waals surface area contributed by atoms with Gasteiger partial charge in [0.25, 0.3) is 0 Å². The second-order valence-electron chi connectivity index (χ2n) is 6.93. The number of rotatable bonds is 6. The van der Waals surface area contributed by atoms with Crippen LogP contribution >= 0.6 is 0 Å². The molecular formula is C20H28N4O. The van der Waals surface area contributed by atoms with Crippen molar-refractivity contribution in [3.63, 3.8) is 0 Å². The van der Waals surface area contributed by atoms with Gasteiger partial charge in [0.1, 0.15) is 11.6 Å². The van der Waals surface area contributed by atoms with Gasteiger partial charge in [-0.2, -0.15) is 0 Å². The second kappa shape index (κ2) is 8.41. The van der Waals surface area contributed by atoms with Crippen molar-refractivity contribution in [3.8, 4) is 0 Å². The Labute approximate surface area is 150 Å². The lowest BCUT2D eigenvalue weighted by Gasteiger charge is -2.36. The molecular weight excluding hydrogens is 312 g/mol. The highest BCUT2D eigenvalue weighted by atomic mass is 16.5. The maximum atomic E-state index is 5.80. The van der Waals surface area contributed by atoms with E-state index in [-0.39, 0.29) is 0 Å². The minimum atomic E-state index is 0.311. The number of ether oxygens (including phenoxy) is 1. The molecule has 134 valence electrons. The van der Waals surface area contributed by atoms with Gasteiger partial charge in [-0.3, -0.25) is 4.90 Å². The first kappa shape index (κ1) is 17.8. The summed E-state index contributed by atoms with van der Waals surface area (Å²) in [5, 5.41) is 0. The average molecular weight is 340 g/mol. The first-order valence-electron chi connectivity index (χ1n) is 9.05. The summed E-state index contributed by atoms with van der Waals surface area (Å²) in [5.74, 6) is 1.85. The molecule has 0 N–H and O–H groups in total. The predicted molar refractivity (Wildman–Crippen MR) is 101 cm³/mol. The van der Waals surface area contributed by atoms with Crippen LogP contribution in [0.1, 0.15) is 25.2 Å². The van der Waals surface area contributed by atoms with Crippen molar-refractivity contribution in [2.75, 3.05) is 38.1 Å². The summed E-state index contributed by atoms with van der Waals surface area (Å²) in [5.41, 5.74) is 1.23. The summed E-state index contributed by atoms with van der Waals surface area (Å²) in [6.45, 7) is 8.26. The highest BCUT2D eigenvalue weighted by Gasteiger charge is 2.22. The number of hydrogen-bond donors (Lipinski definition) is 0. The van der Waals surface area contributed by atoms with Gasteiger partial charge in [-0.15, -0.1) is 0 Å². The lowest BCUT2D eigenvalue weighted by molar-refractivity contribution is -0.0670. The monoisotopic (exact) mass is 340 g/mol. The highest BCUT2D eigenvalue weighted by Crippen LogP contribution is 2.13. The van der Waals surface area contributed by atoms with Gasteiger partial charge in [-0.05, 0) is 25.5 Å². The van der Waals surface area contributed by atoms with E-state index in [1.165, 1.54) is 5.56 Å². The molecule has 25 heavy (non-hydrogen) atoms. The molecule has 0 saturated carbocycles. The zero-order valence-electron chi connectivity index (χ0n) is 15.4. The Morgan fingerprint density at radius 2 is 1.84 bits per heavy atom. The molecule has 1 saturated heterocycles. The van der Waals surface area contributed by atoms with E-state index in [1.807, 2.05) is 18.3 Å². The number of aromatic nitrogens is 2. The molecule has 1 aliphatic rings. The van der Waals surface area contributed by atoms with E-state index >= 15 is 0 Å². The largest absolute Gasteiger partial charge is 0.373 e. The van der Waals surface area contributed by atoms with E-state index in [2.05, 4.69) is 59.9 Å². The van der Waals surface area contributed by atoms with Crippen molar-refractivity contribution >= 4 is 5.82 Å². The van der Waals surface area contributed by atoms with Gasteiger partial charge in [-0.25, -0.2) is 9.97 Å². The van der Waals surface area contributed by atoms with Gasteiger partial charge in [0, 0.05) is 45.8 Å². The lowest BCUT2D eigenvalue weighted by atomic mass is 10.1. The molecule has 2 heterocycles. The topological polar surface area (TPSA) is 41.5 Å². The number of benzene rings is 1. The Hall–Kier alpha value is -1.98. The Morgan fingerprint density at radius 3 is 2.56 bits per heavy atom. The van der Waals surface area contributed by atoms with Crippen molar-refractivity contribution in [3.05, 3.63) is 54.0 Å². The van der Waals surface area contributed by atoms with Crippen LogP contribution in [0.5, 0.6) is 0 Å². The fourth-order valence-electron chi connectivity index (χ4n) is 3.34. The zero-order chi connectivity index (χ0) is 17.6. The highest BCUT2D eigenvalue weighted by molar-refractivity contribution is 5.36. The minimum absolute atomic E-state index is 0.311. The molecule has 1 aromatic heterocycles. The molecule has 1 aromatic carbocycles. The Bertz CT molecular complexity index is 654. The molecule has 0 bridgehead atoms. The SMILES string of the molecule is C[C@@H]1CN(CCN(C)c2ccnc(Cc3ccccc3)n2)C[C@H](C)O1. The molecule has 0 spiro atoms. The molecule has 5 heteroatoms. The maximum Gasteiger partial charge on any atom is 0.135 e. The summed E-state index contributed by atoms with van der Waals surface area (Å²) in [6.07, 6.45) is 3.24. The van der Waals surface area contributed by atoms with Gasteiger partial charge in [0.15, 0.2) is 0 Å². The third-order valence-electron chi connectivity index (χ3n) is 4.53. The molecule has 0 amide bonds. The van der Waals surface area contributed by atoms with Crippen LogP contribution in [0.3, 0.4) is 0 Å². The second-order valence-corrected chi connectivity index (χ2v) is 6.93. The first-order chi connectivity index (χ1) is 12.1. The maximum absolute atomic E-state index is 5.80. The van der Waals surface area contributed by atoms with Crippen molar-refractivity contribution < 1.29 is 4.74 Å². The Morgan fingerprint density at radius 1 is 1.12 bits per heavy atom. The van der Waals surface area contributed by atoms with Crippen LogP contribution < -0.4 is 4.90 Å². The van der Waals surface area contributed by atoms with E-state index in [9.17, 15) is 0 Å². The molecule has 5 nitrogen and oxygen atoms in total. The van der Waals surface area contributed by atoms with E-state index < -0.39 is 0 Å². The third kappa shape index (κ3) is 5.25. The van der Waals surface area contributed by atoms with Gasteiger partial charge < -0.3 is 9.64 Å². The molecule has 0 aliphatic carbocycles. The quantitative estimate of drug-likeness (QED) is 0.808. The molecule has 2 aromatic rings. The summed E-state index contributed by atoms with van der Waals surface area (Å²) >= 11 is 0. The smallest absolute Gasteiger partial charge is 0.135 e. The van der Waals surface area contributed by atoms with Crippen molar-refractivity contribution in [2.24, 2.45) is 0 Å². The van der Waals surface area contributed by atoms with Crippen LogP contribution in [0, 0.1) is 0 Å². The normalized spacial score (nSPS) is 21.2. The van der Waals surface area contributed by atoms with Gasteiger partial charge in [0.05, 0.1) is 12.2 Å². The number of anilines is 1. The number of likely N-dealkylation sites (N-methyl/N-ethyl adjacent to an activating group) is 1. The predicted octanol–water partition coefficient (Wildman–Crippen LogP) is 2.61. The summed E-state index contributed by atoms with van der Waals surface area (Å²) in [7, 11) is 2.10. The minimum Gasteiger partial charge on any atom is -0.373 e. The molecule has 2 atom stereocenters. The lowest BCUT2D eigenvalue weighted by Crippen LogP contribution is -2.47. The van der Waals surface area contributed by atoms with E-state index in [0.29, 0.717) is 12.2 Å². The molecule has 1 aliphatic heterocycles. The first-order valence-corrected chi connectivity index (χ1v) is 9.05. The van der Waals surface area contributed by atoms with Gasteiger partial charge >= 0.3 is 0 Å². The average Bonchev–Trinajstić information content (AvgIpc) is 2.60. The fraction of sp³-hybridized carbons (Fsp3) is 0.500. The standard InChI is InChI=1S/C20H28N4O/c1-16-14-24(15-17(2)25-16)12-11-23(3)20-9-10-21-19(22-20)13-18-7-5-4-6-8-18/h4-10,16-17H,11-15H2,1-3H3/t16-,17+. The van der Waals surface area contributed by atoms with Crippen molar-refractivity contribution in [1.82, 2.24) is 14.9 Å². The Kier molecular flexibility index (Phi) is 6.00. The summed E-state index contributed by atoms with van der Waals surface area (Å²) < 4.78 is 5.80. The van der Waals surface area contributed by atoms with Crippen LogP contribution in [0.2, 0.25) is 0 Å². The molecule has 0 unspecified atom stereocenters. The van der Waals surface area contributed by atoms with Gasteiger partial charge in [0.2, 0.25) is 0 Å². The van der Waals surface area contributed by atoms with Crippen molar-refractivity contribution in [2.45, 2.75) is 32.5 Å². The number of morpholine rings is 1. The van der Waals surface area contributed by atoms with E-state index in [4.69, 9.17) is 9.72 Å². The van der Waals surface area contributed by atoms with Crippen LogP contribution in [0.4, 0.5) is 5.82 Å². The molecule has 0 radical (unpaired) electrons. The summed E-state index contributed by atoms with van der Waals surface area (Å²) in [4.78, 5) is 13.8. The van der Waals surface area contributed by atoms with Crippen LogP contribution in [-0.4, -0.2) is 60.3 Å². The van der Waals surface area contributed by atoms with Crippen LogP contribution in [-0.2, 0) is 11.2 Å². The van der Waals surface area contributed by atoms with Crippen LogP contribution in [0.25, 0.3) is 0 Å². The van der Waals surface area contributed by atoms with Crippen molar-refractivity contribution in [1.29, 1.82) is 0 Å². The number of hydrogen-bond acceptors (Lipinski definition) is 5. The van der Waals surface area contributed by atoms with E-state index in [0.717, 1.165) is 44.2 Å². The Balaban J connectivity index is 1.57. The zero-order valence-corrected chi connectivity index (χ0v) is 15.4. The molecule has 3 rings (SSSR count). The fourth-order valence-corrected chi connectivity index (χ4v) is 3.34. The number of nitrogens with zero attached hydrogens (tertiary/aromatic N) is 4. The third-order valence-corrected chi connectivity index (χ3v) is 4.53.